The van der Waals surface area contributed by atoms with Gasteiger partial charge < -0.3 is 10.1 Å². The maximum absolute atomic E-state index is 11.5. The normalized spacial score (nSPS) is 11.4. The summed E-state index contributed by atoms with van der Waals surface area (Å²) in [5.41, 5.74) is 0. The van der Waals surface area contributed by atoms with Crippen LogP contribution in [0.15, 0.2) is 0 Å². The van der Waals surface area contributed by atoms with Crippen LogP contribution in [0.4, 0.5) is 0 Å². The first-order valence-electron chi connectivity index (χ1n) is 6.64. The molecule has 0 unspecified atom stereocenters. The third kappa shape index (κ3) is 10.7. The van der Waals surface area contributed by atoms with E-state index in [1.165, 1.54) is 0 Å². The van der Waals surface area contributed by atoms with Crippen molar-refractivity contribution < 1.29 is 22.7 Å². The minimum absolute atomic E-state index is 0.0459. The molecule has 0 spiro atoms. The van der Waals surface area contributed by atoms with Gasteiger partial charge in [-0.15, -0.1) is 0 Å². The minimum Gasteiger partial charge on any atom is -0.381 e. The molecule has 0 heterocycles. The van der Waals surface area contributed by atoms with Crippen molar-refractivity contribution >= 4 is 21.8 Å². The second-order valence-corrected chi connectivity index (χ2v) is 6.58. The van der Waals surface area contributed by atoms with Gasteiger partial charge in [0.1, 0.15) is 0 Å². The first kappa shape index (κ1) is 18.9. The highest BCUT2D eigenvalue weighted by Gasteiger charge is 2.14. The Kier molecular flexibility index (Phi) is 9.15. The van der Waals surface area contributed by atoms with Crippen molar-refractivity contribution in [1.82, 2.24) is 10.0 Å². The van der Waals surface area contributed by atoms with Crippen LogP contribution in [0, 0.1) is 5.92 Å². The molecule has 2 N–H and O–H groups in total. The van der Waals surface area contributed by atoms with Gasteiger partial charge in [0.15, 0.2) is 0 Å². The number of ether oxygens (including phenoxy) is 1. The van der Waals surface area contributed by atoms with Crippen molar-refractivity contribution in [3.05, 3.63) is 0 Å². The molecular weight excluding hydrogens is 284 g/mol. The van der Waals surface area contributed by atoms with E-state index in [2.05, 4.69) is 5.32 Å². The lowest BCUT2D eigenvalue weighted by molar-refractivity contribution is -0.122. The summed E-state index contributed by atoms with van der Waals surface area (Å²) in [4.78, 5) is 22.7. The molecule has 2 amide bonds. The summed E-state index contributed by atoms with van der Waals surface area (Å²) in [6.45, 7) is 6.17. The molecule has 0 aromatic heterocycles. The number of nitrogens with one attached hydrogen (secondary N) is 2. The Labute approximate surface area is 120 Å². The Hall–Kier alpha value is -1.15. The summed E-state index contributed by atoms with van der Waals surface area (Å²) in [5, 5.41) is 2.56. The van der Waals surface area contributed by atoms with E-state index in [0.29, 0.717) is 13.0 Å². The quantitative estimate of drug-likeness (QED) is 0.554. The van der Waals surface area contributed by atoms with E-state index in [1.54, 1.807) is 6.92 Å². The fourth-order valence-electron chi connectivity index (χ4n) is 1.35. The molecule has 0 aromatic rings. The average molecular weight is 308 g/mol. The van der Waals surface area contributed by atoms with Crippen LogP contribution in [0.1, 0.15) is 33.6 Å². The summed E-state index contributed by atoms with van der Waals surface area (Å²) in [5.74, 6) is -0.798. The largest absolute Gasteiger partial charge is 0.381 e. The van der Waals surface area contributed by atoms with Crippen molar-refractivity contribution in [1.29, 1.82) is 0 Å². The molecule has 118 valence electrons. The lowest BCUT2D eigenvalue weighted by Gasteiger charge is -2.08. The highest BCUT2D eigenvalue weighted by Crippen LogP contribution is 1.98. The predicted molar refractivity (Wildman–Crippen MR) is 75.5 cm³/mol. The van der Waals surface area contributed by atoms with Gasteiger partial charge in [-0.05, 0) is 12.8 Å². The van der Waals surface area contributed by atoms with Crippen molar-refractivity contribution in [2.24, 2.45) is 5.92 Å². The predicted octanol–water partition coefficient (Wildman–Crippen LogP) is 0.0213. The van der Waals surface area contributed by atoms with Crippen molar-refractivity contribution in [2.75, 3.05) is 25.5 Å². The first-order chi connectivity index (χ1) is 9.26. The van der Waals surface area contributed by atoms with E-state index in [0.717, 1.165) is 0 Å². The van der Waals surface area contributed by atoms with Gasteiger partial charge in [-0.3, -0.25) is 14.3 Å². The van der Waals surface area contributed by atoms with E-state index < -0.39 is 15.9 Å². The molecule has 20 heavy (non-hydrogen) atoms. The first-order valence-corrected chi connectivity index (χ1v) is 8.29. The Bertz CT molecular complexity index is 406. The van der Waals surface area contributed by atoms with Gasteiger partial charge in [0.2, 0.25) is 21.8 Å². The van der Waals surface area contributed by atoms with Gasteiger partial charge in [0.05, 0.1) is 12.4 Å². The van der Waals surface area contributed by atoms with Gasteiger partial charge in [-0.25, -0.2) is 8.42 Å². The highest BCUT2D eigenvalue weighted by molar-refractivity contribution is 7.90. The van der Waals surface area contributed by atoms with Crippen LogP contribution in [0.3, 0.4) is 0 Å². The fourth-order valence-corrected chi connectivity index (χ4v) is 2.24. The molecule has 0 aliphatic heterocycles. The zero-order chi connectivity index (χ0) is 15.6. The van der Waals surface area contributed by atoms with E-state index in [-0.39, 0.29) is 37.2 Å². The van der Waals surface area contributed by atoms with Crippen molar-refractivity contribution in [2.45, 2.75) is 33.6 Å². The molecule has 0 aliphatic carbocycles. The monoisotopic (exact) mass is 308 g/mol. The summed E-state index contributed by atoms with van der Waals surface area (Å²) >= 11 is 0. The van der Waals surface area contributed by atoms with Crippen LogP contribution >= 0.6 is 0 Å². The van der Waals surface area contributed by atoms with Gasteiger partial charge in [-0.2, -0.15) is 0 Å². The van der Waals surface area contributed by atoms with E-state index in [1.807, 2.05) is 18.6 Å². The number of hydrogen-bond donors (Lipinski definition) is 2. The van der Waals surface area contributed by atoms with E-state index in [9.17, 15) is 18.0 Å². The van der Waals surface area contributed by atoms with E-state index in [4.69, 9.17) is 4.74 Å². The second-order valence-electron chi connectivity index (χ2n) is 4.74. The molecule has 8 heteroatoms. The topological polar surface area (TPSA) is 102 Å². The van der Waals surface area contributed by atoms with Crippen molar-refractivity contribution in [3.63, 3.8) is 0 Å². The van der Waals surface area contributed by atoms with Crippen LogP contribution < -0.4 is 10.0 Å². The molecule has 0 aliphatic rings. The third-order valence-corrected chi connectivity index (χ3v) is 3.48. The Balaban J connectivity index is 3.90. The number of carbonyl (C=O) groups is 2. The summed E-state index contributed by atoms with van der Waals surface area (Å²) in [6.07, 6.45) is 0.311. The minimum atomic E-state index is -3.66. The van der Waals surface area contributed by atoms with Crippen LogP contribution in [0.25, 0.3) is 0 Å². The average Bonchev–Trinajstić information content (AvgIpc) is 2.27. The third-order valence-electron chi connectivity index (χ3n) is 2.24. The second kappa shape index (κ2) is 9.71. The number of carbonyl (C=O) groups excluding carboxylic acids is 2. The standard InChI is InChI=1S/C12H24N2O5S/c1-4-19-7-8-20(17,18)14-11(15)5-6-13-12(16)9-10(2)3/h10H,4-9H2,1-3H3,(H,13,16)(H,14,15). The maximum atomic E-state index is 11.5. The highest BCUT2D eigenvalue weighted by atomic mass is 32.2. The number of hydrogen-bond acceptors (Lipinski definition) is 5. The maximum Gasteiger partial charge on any atom is 0.237 e. The molecule has 0 rings (SSSR count). The molecule has 0 atom stereocenters. The summed E-state index contributed by atoms with van der Waals surface area (Å²) in [6, 6.07) is 0. The molecule has 0 bridgehead atoms. The van der Waals surface area contributed by atoms with E-state index >= 15 is 0 Å². The molecule has 0 fully saturated rings. The number of rotatable bonds is 10. The van der Waals surface area contributed by atoms with Gasteiger partial charge in [0, 0.05) is 26.0 Å². The Morgan fingerprint density at radius 1 is 1.20 bits per heavy atom. The molecule has 0 saturated carbocycles. The molecule has 0 saturated heterocycles. The molecule has 7 nitrogen and oxygen atoms in total. The zero-order valence-electron chi connectivity index (χ0n) is 12.3. The smallest absolute Gasteiger partial charge is 0.237 e. The van der Waals surface area contributed by atoms with Crippen LogP contribution in [-0.2, 0) is 24.3 Å². The van der Waals surface area contributed by atoms with Crippen LogP contribution in [0.5, 0.6) is 0 Å². The van der Waals surface area contributed by atoms with Crippen LogP contribution in [-0.4, -0.2) is 45.7 Å². The molecular formula is C12H24N2O5S. The number of sulfonamides is 1. The summed E-state index contributed by atoms with van der Waals surface area (Å²) < 4.78 is 29.8. The SMILES string of the molecule is CCOCCS(=O)(=O)NC(=O)CCNC(=O)CC(C)C. The molecule has 0 aromatic carbocycles. The van der Waals surface area contributed by atoms with Crippen molar-refractivity contribution in [3.8, 4) is 0 Å². The zero-order valence-corrected chi connectivity index (χ0v) is 13.1. The Morgan fingerprint density at radius 3 is 2.40 bits per heavy atom. The van der Waals surface area contributed by atoms with Gasteiger partial charge in [0.25, 0.3) is 0 Å². The lowest BCUT2D eigenvalue weighted by Crippen LogP contribution is -2.36. The van der Waals surface area contributed by atoms with Gasteiger partial charge >= 0.3 is 0 Å². The summed E-state index contributed by atoms with van der Waals surface area (Å²) in [7, 11) is -3.66. The Morgan fingerprint density at radius 2 is 1.85 bits per heavy atom. The fraction of sp³-hybridized carbons (Fsp3) is 0.833. The van der Waals surface area contributed by atoms with Gasteiger partial charge in [-0.1, -0.05) is 13.8 Å². The lowest BCUT2D eigenvalue weighted by atomic mass is 10.1. The number of amides is 2. The van der Waals surface area contributed by atoms with Crippen LogP contribution in [0.2, 0.25) is 0 Å². The molecule has 0 radical (unpaired) electrons.